The second kappa shape index (κ2) is 9.38. The lowest BCUT2D eigenvalue weighted by Crippen LogP contribution is -1.93. The average molecular weight is 435 g/mol. The van der Waals surface area contributed by atoms with Gasteiger partial charge in [0, 0.05) is 21.2 Å². The van der Waals surface area contributed by atoms with Crippen LogP contribution in [0, 0.1) is 0 Å². The van der Waals surface area contributed by atoms with E-state index in [9.17, 15) is 0 Å². The summed E-state index contributed by atoms with van der Waals surface area (Å²) in [4.78, 5) is 2.64. The number of rotatable bonds is 7. The second-order valence-corrected chi connectivity index (χ2v) is 8.69. The molecular weight excluding hydrogens is 412 g/mol. The van der Waals surface area contributed by atoms with Crippen LogP contribution in [-0.4, -0.2) is 14.2 Å². The maximum Gasteiger partial charge on any atom is 0.118 e. The molecule has 0 bridgehead atoms. The van der Waals surface area contributed by atoms with E-state index in [0.29, 0.717) is 0 Å². The van der Waals surface area contributed by atoms with Crippen LogP contribution in [0.1, 0.15) is 21.6 Å². The van der Waals surface area contributed by atoms with Crippen LogP contribution >= 0.6 is 22.9 Å². The molecule has 4 rings (SSSR count). The Morgan fingerprint density at radius 1 is 0.700 bits per heavy atom. The number of hydrogen-bond donors (Lipinski definition) is 0. The van der Waals surface area contributed by atoms with Crippen LogP contribution in [0.5, 0.6) is 11.5 Å². The van der Waals surface area contributed by atoms with Gasteiger partial charge in [0.25, 0.3) is 0 Å². The molecule has 2 nitrogen and oxygen atoms in total. The summed E-state index contributed by atoms with van der Waals surface area (Å²) in [6.45, 7) is 0. The number of benzene rings is 3. The number of hydrogen-bond acceptors (Lipinski definition) is 3. The van der Waals surface area contributed by atoms with Gasteiger partial charge in [0.05, 0.1) is 14.2 Å². The molecule has 4 aromatic rings. The van der Waals surface area contributed by atoms with Gasteiger partial charge in [0.15, 0.2) is 0 Å². The fourth-order valence-electron chi connectivity index (χ4n) is 3.41. The van der Waals surface area contributed by atoms with Gasteiger partial charge in [0.2, 0.25) is 0 Å². The van der Waals surface area contributed by atoms with Gasteiger partial charge in [-0.2, -0.15) is 0 Å². The van der Waals surface area contributed by atoms with Crippen molar-refractivity contribution in [1.82, 2.24) is 0 Å². The number of thiophene rings is 1. The summed E-state index contributed by atoms with van der Waals surface area (Å²) < 4.78 is 10.6. The van der Waals surface area contributed by atoms with Crippen LogP contribution in [0.4, 0.5) is 0 Å². The molecule has 0 aliphatic carbocycles. The van der Waals surface area contributed by atoms with Crippen molar-refractivity contribution < 1.29 is 9.47 Å². The number of methoxy groups -OCH3 is 2. The third-order valence-corrected chi connectivity index (χ3v) is 6.58. The summed E-state index contributed by atoms with van der Waals surface area (Å²) in [6.07, 6.45) is 1.79. The minimum Gasteiger partial charge on any atom is -0.497 e. The minimum absolute atomic E-state index is 0.757. The average Bonchev–Trinajstić information content (AvgIpc) is 3.17. The normalized spacial score (nSPS) is 10.8. The Kier molecular flexibility index (Phi) is 6.41. The minimum atomic E-state index is 0.757. The molecule has 0 unspecified atom stereocenters. The summed E-state index contributed by atoms with van der Waals surface area (Å²) in [5, 5.41) is 0.757. The van der Waals surface area contributed by atoms with Crippen LogP contribution in [0.15, 0.2) is 78.9 Å². The number of halogens is 1. The van der Waals surface area contributed by atoms with E-state index in [1.165, 1.54) is 32.0 Å². The van der Waals surface area contributed by atoms with Gasteiger partial charge < -0.3 is 9.47 Å². The van der Waals surface area contributed by atoms with Crippen LogP contribution in [0.3, 0.4) is 0 Å². The van der Waals surface area contributed by atoms with Gasteiger partial charge in [-0.1, -0.05) is 48.0 Å². The van der Waals surface area contributed by atoms with E-state index in [0.717, 1.165) is 29.4 Å². The Balaban J connectivity index is 1.66. The quantitative estimate of drug-likeness (QED) is 0.304. The van der Waals surface area contributed by atoms with E-state index in [2.05, 4.69) is 42.5 Å². The Labute approximate surface area is 186 Å². The highest BCUT2D eigenvalue weighted by Crippen LogP contribution is 2.35. The Morgan fingerprint density at radius 2 is 1.23 bits per heavy atom. The number of ether oxygens (including phenoxy) is 2. The summed E-state index contributed by atoms with van der Waals surface area (Å²) >= 11 is 7.93. The van der Waals surface area contributed by atoms with E-state index in [1.807, 2.05) is 47.7 Å². The molecule has 0 atom stereocenters. The van der Waals surface area contributed by atoms with Crippen LogP contribution < -0.4 is 9.47 Å². The first-order chi connectivity index (χ1) is 14.6. The smallest absolute Gasteiger partial charge is 0.118 e. The Bertz CT molecular complexity index is 1030. The topological polar surface area (TPSA) is 18.5 Å². The Morgan fingerprint density at radius 3 is 1.77 bits per heavy atom. The summed E-state index contributed by atoms with van der Waals surface area (Å²) in [6, 6.07) is 27.0. The Hall–Kier alpha value is -2.75. The predicted molar refractivity (Wildman–Crippen MR) is 126 cm³/mol. The molecule has 3 aromatic carbocycles. The van der Waals surface area contributed by atoms with E-state index >= 15 is 0 Å². The van der Waals surface area contributed by atoms with E-state index in [-0.39, 0.29) is 0 Å². The summed E-state index contributed by atoms with van der Waals surface area (Å²) in [5.74, 6) is 1.76. The molecule has 1 aromatic heterocycles. The fraction of sp³-hybridized carbons (Fsp3) is 0.154. The van der Waals surface area contributed by atoms with Gasteiger partial charge in [-0.3, -0.25) is 0 Å². The zero-order valence-electron chi connectivity index (χ0n) is 17.0. The molecule has 30 heavy (non-hydrogen) atoms. The third kappa shape index (κ3) is 4.86. The molecule has 0 saturated heterocycles. The summed E-state index contributed by atoms with van der Waals surface area (Å²) in [7, 11) is 3.39. The lowest BCUT2D eigenvalue weighted by Gasteiger charge is -2.07. The van der Waals surface area contributed by atoms with Crippen LogP contribution in [0.2, 0.25) is 5.02 Å². The SMILES string of the molecule is COc1ccc(Cc2cc(-c3ccc(Cl)cc3)sc2Cc2ccc(OC)cc2)cc1. The molecule has 1 heterocycles. The highest BCUT2D eigenvalue weighted by molar-refractivity contribution is 7.15. The molecule has 0 amide bonds. The van der Waals surface area contributed by atoms with Crippen molar-refractivity contribution in [3.8, 4) is 21.9 Å². The highest BCUT2D eigenvalue weighted by Gasteiger charge is 2.13. The molecule has 4 heteroatoms. The fourth-order valence-corrected chi connectivity index (χ4v) is 4.76. The third-order valence-electron chi connectivity index (χ3n) is 5.10. The monoisotopic (exact) mass is 434 g/mol. The first-order valence-electron chi connectivity index (χ1n) is 9.78. The van der Waals surface area contributed by atoms with Gasteiger partial charge in [-0.15, -0.1) is 11.3 Å². The van der Waals surface area contributed by atoms with Gasteiger partial charge in [-0.05, 0) is 71.1 Å². The van der Waals surface area contributed by atoms with Crippen molar-refractivity contribution in [3.05, 3.63) is 105 Å². The second-order valence-electron chi connectivity index (χ2n) is 7.12. The molecule has 0 radical (unpaired) electrons. The maximum absolute atomic E-state index is 6.08. The predicted octanol–water partition coefficient (Wildman–Crippen LogP) is 7.27. The molecule has 152 valence electrons. The lowest BCUT2D eigenvalue weighted by molar-refractivity contribution is 0.414. The molecule has 0 saturated carbocycles. The van der Waals surface area contributed by atoms with Crippen LogP contribution in [0.25, 0.3) is 10.4 Å². The first-order valence-corrected chi connectivity index (χ1v) is 11.0. The van der Waals surface area contributed by atoms with Crippen molar-refractivity contribution in [2.75, 3.05) is 14.2 Å². The van der Waals surface area contributed by atoms with E-state index < -0.39 is 0 Å². The van der Waals surface area contributed by atoms with Crippen molar-refractivity contribution in [1.29, 1.82) is 0 Å². The van der Waals surface area contributed by atoms with Crippen molar-refractivity contribution in [2.24, 2.45) is 0 Å². The highest BCUT2D eigenvalue weighted by atomic mass is 35.5. The van der Waals surface area contributed by atoms with Gasteiger partial charge >= 0.3 is 0 Å². The zero-order valence-corrected chi connectivity index (χ0v) is 18.6. The molecule has 0 aliphatic rings. The van der Waals surface area contributed by atoms with Gasteiger partial charge in [-0.25, -0.2) is 0 Å². The molecule has 0 N–H and O–H groups in total. The van der Waals surface area contributed by atoms with Crippen molar-refractivity contribution in [3.63, 3.8) is 0 Å². The molecular formula is C26H23ClO2S. The van der Waals surface area contributed by atoms with Crippen molar-refractivity contribution in [2.45, 2.75) is 12.8 Å². The maximum atomic E-state index is 6.08. The first kappa shape index (κ1) is 20.5. The standard InChI is InChI=1S/C26H23ClO2S/c1-28-23-11-3-18(4-12-23)15-21-17-26(20-7-9-22(27)10-8-20)30-25(21)16-19-5-13-24(29-2)14-6-19/h3-14,17H,15-16H2,1-2H3. The van der Waals surface area contributed by atoms with Crippen molar-refractivity contribution >= 4 is 22.9 Å². The summed E-state index contributed by atoms with van der Waals surface area (Å²) in [5.41, 5.74) is 5.09. The van der Waals surface area contributed by atoms with Crippen LogP contribution in [-0.2, 0) is 12.8 Å². The lowest BCUT2D eigenvalue weighted by atomic mass is 10.0. The molecule has 0 aliphatic heterocycles. The molecule has 0 spiro atoms. The molecule has 0 fully saturated rings. The zero-order chi connectivity index (χ0) is 20.9. The van der Waals surface area contributed by atoms with E-state index in [4.69, 9.17) is 21.1 Å². The van der Waals surface area contributed by atoms with Gasteiger partial charge in [0.1, 0.15) is 11.5 Å². The largest absolute Gasteiger partial charge is 0.497 e. The van der Waals surface area contributed by atoms with E-state index in [1.54, 1.807) is 14.2 Å².